The zero-order valence-electron chi connectivity index (χ0n) is 18.6. The molecule has 3 rings (SSSR count). The molecule has 0 aromatic carbocycles. The van der Waals surface area contributed by atoms with Gasteiger partial charge >= 0.3 is 5.69 Å². The Hall–Kier alpha value is -2.90. The summed E-state index contributed by atoms with van der Waals surface area (Å²) in [6.45, 7) is 8.23. The summed E-state index contributed by atoms with van der Waals surface area (Å²) in [5.74, 6) is 0.00170. The number of nitrogens with two attached hydrogens (primary N) is 1. The van der Waals surface area contributed by atoms with Crippen LogP contribution in [-0.4, -0.2) is 50.8 Å². The van der Waals surface area contributed by atoms with Crippen molar-refractivity contribution in [1.29, 1.82) is 0 Å². The van der Waals surface area contributed by atoms with E-state index < -0.39 is 0 Å². The van der Waals surface area contributed by atoms with E-state index in [0.717, 1.165) is 24.1 Å². The van der Waals surface area contributed by atoms with Gasteiger partial charge in [-0.05, 0) is 42.7 Å². The highest BCUT2D eigenvalue weighted by Gasteiger charge is 2.28. The molecule has 2 aromatic rings. The van der Waals surface area contributed by atoms with Gasteiger partial charge < -0.3 is 10.6 Å². The minimum Gasteiger partial charge on any atom is -0.405 e. The molecule has 3 heterocycles. The van der Waals surface area contributed by atoms with Crippen molar-refractivity contribution < 1.29 is 4.79 Å². The molecule has 0 spiro atoms. The second-order valence-corrected chi connectivity index (χ2v) is 9.13. The molecule has 162 valence electrons. The van der Waals surface area contributed by atoms with E-state index in [0.29, 0.717) is 31.0 Å². The lowest BCUT2D eigenvalue weighted by Crippen LogP contribution is -2.42. The van der Waals surface area contributed by atoms with Crippen LogP contribution in [0.5, 0.6) is 0 Å². The van der Waals surface area contributed by atoms with Crippen LogP contribution in [0.15, 0.2) is 34.2 Å². The van der Waals surface area contributed by atoms with Gasteiger partial charge in [-0.1, -0.05) is 20.8 Å². The first-order chi connectivity index (χ1) is 14.2. The minimum atomic E-state index is -0.117. The Balaban J connectivity index is 1.91. The number of aryl methyl sites for hydroxylation is 1. The summed E-state index contributed by atoms with van der Waals surface area (Å²) < 4.78 is 3.41. The number of carbonyl (C=O) groups excluding carboxylic acids is 1. The van der Waals surface area contributed by atoms with Gasteiger partial charge in [-0.25, -0.2) is 9.78 Å². The lowest BCUT2D eigenvalue weighted by Gasteiger charge is -2.32. The molecule has 1 fully saturated rings. The van der Waals surface area contributed by atoms with E-state index in [2.05, 4.69) is 25.8 Å². The number of amides is 1. The Morgan fingerprint density at radius 1 is 1.37 bits per heavy atom. The number of aliphatic imine (C=N–C) groups is 1. The van der Waals surface area contributed by atoms with E-state index in [1.807, 2.05) is 17.0 Å². The first-order valence-electron chi connectivity index (χ1n) is 10.4. The second-order valence-electron chi connectivity index (χ2n) is 9.13. The van der Waals surface area contributed by atoms with Crippen LogP contribution < -0.4 is 11.4 Å². The highest BCUT2D eigenvalue weighted by Crippen LogP contribution is 2.28. The summed E-state index contributed by atoms with van der Waals surface area (Å²) in [6, 6.07) is 3.98. The van der Waals surface area contributed by atoms with Crippen molar-refractivity contribution in [3.05, 3.63) is 40.6 Å². The predicted molar refractivity (Wildman–Crippen MR) is 120 cm³/mol. The van der Waals surface area contributed by atoms with Crippen molar-refractivity contribution >= 4 is 22.8 Å². The molecule has 1 atom stereocenters. The van der Waals surface area contributed by atoms with E-state index in [9.17, 15) is 9.59 Å². The molecule has 1 aliphatic rings. The van der Waals surface area contributed by atoms with Gasteiger partial charge in [0.15, 0.2) is 5.65 Å². The van der Waals surface area contributed by atoms with E-state index in [-0.39, 0.29) is 22.9 Å². The molecule has 0 radical (unpaired) electrons. The van der Waals surface area contributed by atoms with Crippen LogP contribution in [0.25, 0.3) is 11.2 Å². The molecule has 0 aliphatic carbocycles. The Labute approximate surface area is 177 Å². The fraction of sp³-hybridized carbons (Fsp3) is 0.545. The van der Waals surface area contributed by atoms with Crippen LogP contribution in [-0.2, 0) is 18.4 Å². The Morgan fingerprint density at radius 2 is 2.10 bits per heavy atom. The number of nitrogens with zero attached hydrogens (tertiary/aromatic N) is 5. The lowest BCUT2D eigenvalue weighted by molar-refractivity contribution is -0.125. The van der Waals surface area contributed by atoms with Crippen LogP contribution in [0, 0.1) is 5.41 Å². The number of aromatic nitrogens is 3. The van der Waals surface area contributed by atoms with Crippen LogP contribution in [0.4, 0.5) is 0 Å². The van der Waals surface area contributed by atoms with Crippen LogP contribution in [0.1, 0.15) is 45.2 Å². The number of pyridine rings is 1. The molecule has 2 N–H and O–H groups in total. The number of carbonyl (C=O) groups is 1. The van der Waals surface area contributed by atoms with Crippen molar-refractivity contribution in [1.82, 2.24) is 19.0 Å². The van der Waals surface area contributed by atoms with Gasteiger partial charge in [0.2, 0.25) is 0 Å². The van der Waals surface area contributed by atoms with Crippen molar-refractivity contribution in [3.63, 3.8) is 0 Å². The van der Waals surface area contributed by atoms with Gasteiger partial charge in [0, 0.05) is 45.3 Å². The second kappa shape index (κ2) is 8.45. The Kier molecular flexibility index (Phi) is 6.14. The number of hydrogen-bond donors (Lipinski definition) is 1. The summed E-state index contributed by atoms with van der Waals surface area (Å²) >= 11 is 0. The minimum absolute atomic E-state index is 0.0163. The molecule has 0 saturated carbocycles. The average molecular weight is 413 g/mol. The topological polar surface area (TPSA) is 98.5 Å². The smallest absolute Gasteiger partial charge is 0.330 e. The maximum Gasteiger partial charge on any atom is 0.330 e. The van der Waals surface area contributed by atoms with E-state index in [1.54, 1.807) is 23.2 Å². The number of likely N-dealkylation sites (tertiary alicyclic amines) is 1. The number of rotatable bonds is 4. The molecule has 1 amide bonds. The Bertz CT molecular complexity index is 1050. The fourth-order valence-electron chi connectivity index (χ4n) is 4.04. The number of hydrogen-bond acceptors (Lipinski definition) is 5. The first kappa shape index (κ1) is 21.8. The van der Waals surface area contributed by atoms with Crippen molar-refractivity contribution in [2.45, 2.75) is 46.1 Å². The van der Waals surface area contributed by atoms with Gasteiger partial charge in [0.25, 0.3) is 5.91 Å². The molecular formula is C22H32N6O2. The summed E-state index contributed by atoms with van der Waals surface area (Å²) in [5.41, 5.74) is 8.16. The van der Waals surface area contributed by atoms with Gasteiger partial charge in [0.05, 0.1) is 5.52 Å². The number of fused-ring (bicyclic) bond motifs is 1. The molecule has 8 heteroatoms. The standard InChI is InChI=1S/C22H32N6O2/c1-22(2,3)14-28-18-9-8-16(25-19(18)26(5)21(28)30)15-7-6-12-27(13-15)20(29)17(24-4)10-11-23/h8-11,15H,6-7,12-14,23H2,1-5H3. The highest BCUT2D eigenvalue weighted by atomic mass is 16.2. The molecular weight excluding hydrogens is 380 g/mol. The third-order valence-electron chi connectivity index (χ3n) is 5.48. The maximum absolute atomic E-state index is 12.8. The average Bonchev–Trinajstić information content (AvgIpc) is 2.95. The highest BCUT2D eigenvalue weighted by molar-refractivity contribution is 6.43. The maximum atomic E-state index is 12.8. The first-order valence-corrected chi connectivity index (χ1v) is 10.4. The number of piperidine rings is 1. The molecule has 1 aliphatic heterocycles. The van der Waals surface area contributed by atoms with Gasteiger partial charge in [-0.15, -0.1) is 0 Å². The third-order valence-corrected chi connectivity index (χ3v) is 5.48. The van der Waals surface area contributed by atoms with Crippen molar-refractivity contribution in [2.24, 2.45) is 23.2 Å². The molecule has 2 aromatic heterocycles. The monoisotopic (exact) mass is 412 g/mol. The van der Waals surface area contributed by atoms with E-state index >= 15 is 0 Å². The van der Waals surface area contributed by atoms with Crippen LogP contribution in [0.3, 0.4) is 0 Å². The lowest BCUT2D eigenvalue weighted by atomic mass is 9.93. The summed E-state index contributed by atoms with van der Waals surface area (Å²) in [4.78, 5) is 36.2. The molecule has 1 unspecified atom stereocenters. The van der Waals surface area contributed by atoms with Gasteiger partial charge in [-0.3, -0.25) is 18.9 Å². The Morgan fingerprint density at radius 3 is 2.73 bits per heavy atom. The van der Waals surface area contributed by atoms with Crippen LogP contribution >= 0.6 is 0 Å². The van der Waals surface area contributed by atoms with Gasteiger partial charge in [0.1, 0.15) is 5.71 Å². The van der Waals surface area contributed by atoms with Crippen LogP contribution in [0.2, 0.25) is 0 Å². The number of imidazole rings is 1. The molecule has 0 bridgehead atoms. The quantitative estimate of drug-likeness (QED) is 0.777. The summed E-state index contributed by atoms with van der Waals surface area (Å²) in [6.07, 6.45) is 4.71. The fourth-order valence-corrected chi connectivity index (χ4v) is 4.04. The van der Waals surface area contributed by atoms with Crippen molar-refractivity contribution in [2.75, 3.05) is 20.1 Å². The zero-order valence-corrected chi connectivity index (χ0v) is 18.6. The third kappa shape index (κ3) is 4.32. The zero-order chi connectivity index (χ0) is 22.1. The molecule has 30 heavy (non-hydrogen) atoms. The van der Waals surface area contributed by atoms with E-state index in [4.69, 9.17) is 10.7 Å². The summed E-state index contributed by atoms with van der Waals surface area (Å²) in [7, 11) is 3.35. The van der Waals surface area contributed by atoms with E-state index in [1.165, 1.54) is 12.3 Å². The SMILES string of the molecule is CN=C(C=CN)C(=O)N1CCCC(c2ccc3c(n2)n(C)c(=O)n3CC(C)(C)C)C1. The largest absolute Gasteiger partial charge is 0.405 e. The van der Waals surface area contributed by atoms with Gasteiger partial charge in [-0.2, -0.15) is 0 Å². The van der Waals surface area contributed by atoms with Crippen molar-refractivity contribution in [3.8, 4) is 0 Å². The summed E-state index contributed by atoms with van der Waals surface area (Å²) in [5, 5.41) is 0. The molecule has 8 nitrogen and oxygen atoms in total. The normalized spacial score (nSPS) is 18.5. The predicted octanol–water partition coefficient (Wildman–Crippen LogP) is 2.03. The molecule has 1 saturated heterocycles.